The van der Waals surface area contributed by atoms with E-state index in [9.17, 15) is 0 Å². The van der Waals surface area contributed by atoms with Crippen LogP contribution in [0.25, 0.3) is 89.7 Å². The van der Waals surface area contributed by atoms with Crippen molar-refractivity contribution in [1.29, 1.82) is 0 Å². The number of fused-ring (bicyclic) bond motifs is 20. The lowest BCUT2D eigenvalue weighted by Gasteiger charge is -2.30. The Bertz CT molecular complexity index is 4900. The van der Waals surface area contributed by atoms with Crippen molar-refractivity contribution in [2.75, 3.05) is 52.9 Å². The summed E-state index contributed by atoms with van der Waals surface area (Å²) < 4.78 is 44.5. The summed E-state index contributed by atoms with van der Waals surface area (Å²) in [5, 5.41) is 12.1. The topological polar surface area (TPSA) is 194 Å². The first-order valence-electron chi connectivity index (χ1n) is 37.5. The predicted molar refractivity (Wildman–Crippen MR) is 421 cm³/mol. The molecule has 2 aliphatic rings. The van der Waals surface area contributed by atoms with Crippen LogP contribution in [0.4, 0.5) is 0 Å². The molecule has 0 saturated heterocycles. The Morgan fingerprint density at radius 1 is 0.298 bits per heavy atom. The molecule has 546 valence electrons. The highest BCUT2D eigenvalue weighted by atomic mass is 16.6. The molecule has 2 aliphatic heterocycles. The number of aromatic amines is 2. The molecular weight excluding hydrogens is 1300 g/mol. The fourth-order valence-electron chi connectivity index (χ4n) is 13.1. The van der Waals surface area contributed by atoms with E-state index < -0.39 is 0 Å². The van der Waals surface area contributed by atoms with Gasteiger partial charge in [0.15, 0.2) is 23.3 Å². The molecule has 8 bridgehead atoms. The number of aliphatic hydroxyl groups is 1. The predicted octanol–water partition coefficient (Wildman–Crippen LogP) is 21.8. The van der Waals surface area contributed by atoms with Crippen molar-refractivity contribution >= 4 is 44.1 Å². The molecule has 3 aromatic heterocycles. The van der Waals surface area contributed by atoms with Crippen molar-refractivity contribution in [1.82, 2.24) is 39.9 Å². The average Bonchev–Trinajstić information content (AvgIpc) is 1.58. The Labute approximate surface area is 614 Å². The Hall–Kier alpha value is -9.06. The maximum absolute atomic E-state index is 9.02. The van der Waals surface area contributed by atoms with Crippen molar-refractivity contribution in [2.45, 2.75) is 196 Å². The van der Waals surface area contributed by atoms with E-state index in [1.165, 1.54) is 16.7 Å². The zero-order valence-electron chi connectivity index (χ0n) is 64.5. The SMILES string of the molecule is CCC(C)(C)c1ccc(Oc2ccc3c(c2)-c2nc-3nc3[nH]c(nc4nc(nc5[nH]c(n2)c2ccc(Oc6ccc(C(C)(C)CC)cc6C(C)(C)CC)cc52)-c2ccc(OCCOCCOCCOCCO)cc2-4)c2ccc(Oc4ccc(C(C)(C)CC)cc4C(C)(C)CC)cc32)c(C(C)(C)CC)c1. The van der Waals surface area contributed by atoms with Crippen LogP contribution in [-0.4, -0.2) is 97.8 Å². The molecule has 3 N–H and O–H groups in total. The molecule has 7 aromatic carbocycles. The van der Waals surface area contributed by atoms with Crippen LogP contribution in [0, 0.1) is 0 Å². The third-order valence-corrected chi connectivity index (χ3v) is 22.6. The molecule has 0 aliphatic carbocycles. The lowest BCUT2D eigenvalue weighted by Crippen LogP contribution is -2.20. The van der Waals surface area contributed by atoms with E-state index in [0.29, 0.717) is 107 Å². The van der Waals surface area contributed by atoms with Gasteiger partial charge in [-0.1, -0.05) is 161 Å². The molecule has 0 spiro atoms. The molecule has 0 saturated carbocycles. The molecule has 0 radical (unpaired) electrons. The number of benzene rings is 7. The Balaban J connectivity index is 1.06. The number of aliphatic hydroxyl groups excluding tert-OH is 1. The van der Waals surface area contributed by atoms with Crippen LogP contribution in [0.1, 0.15) is 197 Å². The van der Waals surface area contributed by atoms with Crippen LogP contribution in [0.15, 0.2) is 127 Å². The molecule has 10 aromatic rings. The molecule has 16 heteroatoms. The van der Waals surface area contributed by atoms with Gasteiger partial charge in [0.25, 0.3) is 0 Å². The van der Waals surface area contributed by atoms with Crippen LogP contribution in [0.2, 0.25) is 0 Å². The zero-order chi connectivity index (χ0) is 74.1. The lowest BCUT2D eigenvalue weighted by molar-refractivity contribution is 0.00361. The standard InChI is InChI=1S/C88H106N8O8/c1-19-83(7,8)54-25-36-72(69(47-54)86(13,14)22-4)102-58-29-33-62-66(51-58)81-92-76(62)90-79-65-50-57(101-46-45-100-44-43-99-42-41-98-40-39-97)28-32-61(65)75(89-79)91-80-67-52-59(103-73-37-26-55(84(9,10)20-2)48-70(73)87(15,16)23-5)30-34-63(67)77(93-80)95-82-68-53-60(31-35-64(68)78(94-81)96-82)104-74-38-27-56(85(11,12)21-3)49-71(74)88(17,18)24-6/h25-38,47-53,97H,19-24,39-46H2,1-18H3,(H2,89,90,91,92,93,94,95,96). The van der Waals surface area contributed by atoms with Crippen LogP contribution < -0.4 is 18.9 Å². The fraction of sp³-hybridized carbons (Fsp3) is 0.432. The summed E-state index contributed by atoms with van der Waals surface area (Å²) in [6.07, 6.45) is 5.75. The summed E-state index contributed by atoms with van der Waals surface area (Å²) in [7, 11) is 0. The first-order valence-corrected chi connectivity index (χ1v) is 37.5. The molecular formula is C88H106N8O8. The monoisotopic (exact) mass is 1400 g/mol. The third kappa shape index (κ3) is 15.5. The van der Waals surface area contributed by atoms with E-state index in [-0.39, 0.29) is 52.3 Å². The first kappa shape index (κ1) is 74.7. The molecule has 104 heavy (non-hydrogen) atoms. The molecule has 0 fully saturated rings. The second-order valence-electron chi connectivity index (χ2n) is 31.7. The summed E-state index contributed by atoms with van der Waals surface area (Å²) in [5.74, 6) is 6.61. The average molecular weight is 1400 g/mol. The van der Waals surface area contributed by atoms with Crippen molar-refractivity contribution in [2.24, 2.45) is 0 Å². The van der Waals surface area contributed by atoms with Crippen LogP contribution in [0.5, 0.6) is 40.2 Å². The molecule has 0 atom stereocenters. The summed E-state index contributed by atoms with van der Waals surface area (Å²) >= 11 is 0. The minimum absolute atomic E-state index is 0.0212. The first-order chi connectivity index (χ1) is 49.6. The Morgan fingerprint density at radius 3 is 0.971 bits per heavy atom. The molecule has 0 amide bonds. The minimum Gasteiger partial charge on any atom is -0.491 e. The van der Waals surface area contributed by atoms with Gasteiger partial charge in [-0.25, -0.2) is 29.9 Å². The number of H-pyrrole nitrogens is 2. The van der Waals surface area contributed by atoms with Gasteiger partial charge in [0, 0.05) is 60.5 Å². The number of ether oxygens (including phenoxy) is 7. The summed E-state index contributed by atoms with van der Waals surface area (Å²) in [6.45, 7) is 43.4. The van der Waals surface area contributed by atoms with E-state index in [2.05, 4.69) is 189 Å². The smallest absolute Gasteiger partial charge is 0.164 e. The largest absolute Gasteiger partial charge is 0.491 e. The van der Waals surface area contributed by atoms with E-state index in [4.69, 9.17) is 68.2 Å². The van der Waals surface area contributed by atoms with Gasteiger partial charge < -0.3 is 48.2 Å². The third-order valence-electron chi connectivity index (χ3n) is 22.6. The Morgan fingerprint density at radius 2 is 0.606 bits per heavy atom. The molecule has 12 rings (SSSR count). The normalized spacial score (nSPS) is 12.8. The highest BCUT2D eigenvalue weighted by Gasteiger charge is 2.32. The van der Waals surface area contributed by atoms with Crippen molar-refractivity contribution in [3.63, 3.8) is 0 Å². The van der Waals surface area contributed by atoms with Gasteiger partial charge in [-0.15, -0.1) is 0 Å². The number of nitrogens with zero attached hydrogens (tertiary/aromatic N) is 6. The van der Waals surface area contributed by atoms with Crippen molar-refractivity contribution in [3.8, 4) is 85.8 Å². The van der Waals surface area contributed by atoms with Gasteiger partial charge in [-0.2, -0.15) is 0 Å². The minimum atomic E-state index is -0.184. The van der Waals surface area contributed by atoms with Gasteiger partial charge in [0.1, 0.15) is 69.4 Å². The second-order valence-corrected chi connectivity index (χ2v) is 31.7. The number of hydrogen-bond acceptors (Lipinski definition) is 14. The summed E-state index contributed by atoms with van der Waals surface area (Å²) in [5.41, 5.74) is 11.7. The van der Waals surface area contributed by atoms with Crippen molar-refractivity contribution < 1.29 is 38.3 Å². The maximum atomic E-state index is 9.02. The maximum Gasteiger partial charge on any atom is 0.164 e. The highest BCUT2D eigenvalue weighted by molar-refractivity contribution is 6.07. The summed E-state index contributed by atoms with van der Waals surface area (Å²) in [6, 6.07) is 44.2. The molecule has 5 heterocycles. The van der Waals surface area contributed by atoms with Gasteiger partial charge in [-0.3, -0.25) is 0 Å². The van der Waals surface area contributed by atoms with Gasteiger partial charge in [0.05, 0.1) is 46.2 Å². The van der Waals surface area contributed by atoms with Crippen LogP contribution >= 0.6 is 0 Å². The van der Waals surface area contributed by atoms with Crippen molar-refractivity contribution in [3.05, 3.63) is 161 Å². The number of hydrogen-bond donors (Lipinski definition) is 3. The zero-order valence-corrected chi connectivity index (χ0v) is 64.5. The second kappa shape index (κ2) is 30.2. The molecule has 16 nitrogen and oxygen atoms in total. The van der Waals surface area contributed by atoms with E-state index in [1.54, 1.807) is 0 Å². The number of rotatable bonds is 30. The van der Waals surface area contributed by atoms with E-state index in [1.807, 2.05) is 72.8 Å². The van der Waals surface area contributed by atoms with Gasteiger partial charge >= 0.3 is 0 Å². The highest BCUT2D eigenvalue weighted by Crippen LogP contribution is 2.47. The number of nitrogens with one attached hydrogen (secondary N) is 2. The number of aromatic nitrogens is 8. The Kier molecular flexibility index (Phi) is 21.7. The van der Waals surface area contributed by atoms with Gasteiger partial charge in [0.2, 0.25) is 0 Å². The van der Waals surface area contributed by atoms with Crippen LogP contribution in [-0.2, 0) is 46.7 Å². The fourth-order valence-corrected chi connectivity index (χ4v) is 13.1. The van der Waals surface area contributed by atoms with E-state index >= 15 is 0 Å². The van der Waals surface area contributed by atoms with Crippen LogP contribution in [0.3, 0.4) is 0 Å². The molecule has 0 unspecified atom stereocenters. The van der Waals surface area contributed by atoms with E-state index in [0.717, 1.165) is 111 Å². The van der Waals surface area contributed by atoms with Gasteiger partial charge in [-0.05, 0) is 179 Å². The summed E-state index contributed by atoms with van der Waals surface area (Å²) in [4.78, 5) is 40.1. The quantitative estimate of drug-likeness (QED) is 0.0360. The lowest BCUT2D eigenvalue weighted by atomic mass is 9.76.